The lowest BCUT2D eigenvalue weighted by molar-refractivity contribution is 0.593. The van der Waals surface area contributed by atoms with Crippen LogP contribution in [0.2, 0.25) is 0 Å². The first-order chi connectivity index (χ1) is 8.22. The van der Waals surface area contributed by atoms with Crippen LogP contribution in [0, 0.1) is 0 Å². The molecule has 17 heavy (non-hydrogen) atoms. The van der Waals surface area contributed by atoms with Crippen molar-refractivity contribution in [2.75, 3.05) is 0 Å². The van der Waals surface area contributed by atoms with Crippen LogP contribution >= 0.6 is 27.5 Å². The summed E-state index contributed by atoms with van der Waals surface area (Å²) in [4.78, 5) is 0. The first-order valence-electron chi connectivity index (χ1n) is 6.28. The molecule has 1 aliphatic carbocycles. The van der Waals surface area contributed by atoms with E-state index in [0.29, 0.717) is 0 Å². The van der Waals surface area contributed by atoms with Crippen LogP contribution in [0.5, 0.6) is 0 Å². The van der Waals surface area contributed by atoms with Gasteiger partial charge >= 0.3 is 0 Å². The van der Waals surface area contributed by atoms with Gasteiger partial charge in [-0.1, -0.05) is 19.4 Å². The summed E-state index contributed by atoms with van der Waals surface area (Å²) in [5.74, 6) is 0. The van der Waals surface area contributed by atoms with Gasteiger partial charge in [0.05, 0.1) is 21.7 Å². The molecule has 0 radical (unpaired) electrons. The Morgan fingerprint density at radius 2 is 2.35 bits per heavy atom. The molecule has 0 saturated carbocycles. The molecule has 1 aromatic rings. The number of aromatic nitrogens is 2. The molecule has 0 amide bonds. The minimum absolute atomic E-state index is 0.171. The molecular formula is C13H18BrClN2. The second-order valence-corrected chi connectivity index (χ2v) is 5.93. The summed E-state index contributed by atoms with van der Waals surface area (Å²) < 4.78 is 3.17. The van der Waals surface area contributed by atoms with Gasteiger partial charge in [0.1, 0.15) is 0 Å². The van der Waals surface area contributed by atoms with E-state index in [9.17, 15) is 0 Å². The normalized spacial score (nSPS) is 21.1. The molecular weight excluding hydrogens is 300 g/mol. The number of hydrogen-bond acceptors (Lipinski definition) is 1. The lowest BCUT2D eigenvalue weighted by atomic mass is 10.1. The maximum Gasteiger partial charge on any atom is 0.0781 e. The van der Waals surface area contributed by atoms with E-state index in [1.165, 1.54) is 24.1 Å². The minimum atomic E-state index is 0.171. The van der Waals surface area contributed by atoms with E-state index in [2.05, 4.69) is 38.7 Å². The predicted molar refractivity (Wildman–Crippen MR) is 76.3 cm³/mol. The first kappa shape index (κ1) is 13.2. The van der Waals surface area contributed by atoms with E-state index in [0.717, 1.165) is 30.3 Å². The largest absolute Gasteiger partial charge is 0.264 e. The fourth-order valence-corrected chi connectivity index (χ4v) is 3.16. The highest BCUT2D eigenvalue weighted by Crippen LogP contribution is 2.32. The summed E-state index contributed by atoms with van der Waals surface area (Å²) in [5.41, 5.74) is 2.57. The van der Waals surface area contributed by atoms with Crippen molar-refractivity contribution in [2.45, 2.75) is 50.9 Å². The van der Waals surface area contributed by atoms with Crippen LogP contribution in [-0.2, 0) is 6.54 Å². The third kappa shape index (κ3) is 3.14. The highest BCUT2D eigenvalue weighted by Gasteiger charge is 2.17. The fourth-order valence-electron chi connectivity index (χ4n) is 2.30. The zero-order valence-electron chi connectivity index (χ0n) is 10.1. The zero-order valence-corrected chi connectivity index (χ0v) is 12.5. The summed E-state index contributed by atoms with van der Waals surface area (Å²) >= 11 is 9.89. The Labute approximate surface area is 116 Å². The van der Waals surface area contributed by atoms with E-state index < -0.39 is 0 Å². The standard InChI is InChI=1S/C13H18BrClN2/c1-2-7-17-13(12(14)9-16-17)10-5-3-4-6-11(15)8-10/h8-9,11H,2-7H2,1H3. The number of aryl methyl sites for hydroxylation is 1. The molecule has 0 fully saturated rings. The molecule has 2 rings (SSSR count). The van der Waals surface area contributed by atoms with Gasteiger partial charge in [-0.25, -0.2) is 0 Å². The van der Waals surface area contributed by atoms with Crippen molar-refractivity contribution < 1.29 is 0 Å². The SMILES string of the molecule is CCCn1ncc(Br)c1C1=CC(Cl)CCCC1. The number of hydrogen-bond donors (Lipinski definition) is 0. The van der Waals surface area contributed by atoms with Gasteiger partial charge in [-0.2, -0.15) is 5.10 Å². The van der Waals surface area contributed by atoms with Gasteiger partial charge in [-0.15, -0.1) is 11.6 Å². The Kier molecular flexibility index (Phi) is 4.69. The van der Waals surface area contributed by atoms with Crippen molar-refractivity contribution in [1.82, 2.24) is 9.78 Å². The van der Waals surface area contributed by atoms with Gasteiger partial charge in [-0.05, 0) is 47.2 Å². The first-order valence-corrected chi connectivity index (χ1v) is 7.51. The van der Waals surface area contributed by atoms with Crippen molar-refractivity contribution >= 4 is 33.1 Å². The van der Waals surface area contributed by atoms with E-state index in [1.54, 1.807) is 0 Å². The Balaban J connectivity index is 2.34. The second-order valence-electron chi connectivity index (χ2n) is 4.52. The van der Waals surface area contributed by atoms with Gasteiger partial charge in [0.25, 0.3) is 0 Å². The molecule has 1 atom stereocenters. The Morgan fingerprint density at radius 3 is 3.12 bits per heavy atom. The van der Waals surface area contributed by atoms with E-state index >= 15 is 0 Å². The molecule has 94 valence electrons. The van der Waals surface area contributed by atoms with Crippen LogP contribution in [-0.4, -0.2) is 15.2 Å². The smallest absolute Gasteiger partial charge is 0.0781 e. The Morgan fingerprint density at radius 1 is 1.53 bits per heavy atom. The molecule has 4 heteroatoms. The molecule has 1 aromatic heterocycles. The van der Waals surface area contributed by atoms with Gasteiger partial charge in [0.2, 0.25) is 0 Å². The van der Waals surface area contributed by atoms with Gasteiger partial charge < -0.3 is 0 Å². The number of alkyl halides is 1. The number of allylic oxidation sites excluding steroid dienone is 2. The van der Waals surface area contributed by atoms with Crippen LogP contribution in [0.3, 0.4) is 0 Å². The summed E-state index contributed by atoms with van der Waals surface area (Å²) in [6, 6.07) is 0. The lowest BCUT2D eigenvalue weighted by Crippen LogP contribution is -2.05. The molecule has 2 nitrogen and oxygen atoms in total. The van der Waals surface area contributed by atoms with Crippen LogP contribution in [0.15, 0.2) is 16.7 Å². The van der Waals surface area contributed by atoms with Crippen LogP contribution in [0.1, 0.15) is 44.7 Å². The molecule has 0 aromatic carbocycles. The number of rotatable bonds is 3. The van der Waals surface area contributed by atoms with Crippen molar-refractivity contribution in [3.05, 3.63) is 22.4 Å². The molecule has 1 aliphatic rings. The topological polar surface area (TPSA) is 17.8 Å². The summed E-state index contributed by atoms with van der Waals surface area (Å²) in [5, 5.41) is 4.59. The quantitative estimate of drug-likeness (QED) is 0.744. The summed E-state index contributed by atoms with van der Waals surface area (Å²) in [6.45, 7) is 3.14. The monoisotopic (exact) mass is 316 g/mol. The molecule has 1 unspecified atom stereocenters. The van der Waals surface area contributed by atoms with Crippen molar-refractivity contribution in [3.8, 4) is 0 Å². The Bertz CT molecular complexity index is 412. The van der Waals surface area contributed by atoms with Crippen molar-refractivity contribution in [2.24, 2.45) is 0 Å². The highest BCUT2D eigenvalue weighted by molar-refractivity contribution is 9.10. The molecule has 0 saturated heterocycles. The molecule has 0 N–H and O–H groups in total. The van der Waals surface area contributed by atoms with E-state index in [-0.39, 0.29) is 5.38 Å². The number of nitrogens with zero attached hydrogens (tertiary/aromatic N) is 2. The second kappa shape index (κ2) is 6.05. The lowest BCUT2D eigenvalue weighted by Gasteiger charge is -2.10. The molecule has 0 aliphatic heterocycles. The average molecular weight is 318 g/mol. The van der Waals surface area contributed by atoms with Crippen LogP contribution in [0.25, 0.3) is 5.57 Å². The maximum atomic E-state index is 6.29. The summed E-state index contributed by atoms with van der Waals surface area (Å²) in [7, 11) is 0. The van der Waals surface area contributed by atoms with Crippen molar-refractivity contribution in [3.63, 3.8) is 0 Å². The third-order valence-electron chi connectivity index (χ3n) is 3.09. The van der Waals surface area contributed by atoms with Gasteiger partial charge in [-0.3, -0.25) is 4.68 Å². The number of halogens is 2. The molecule has 0 bridgehead atoms. The maximum absolute atomic E-state index is 6.29. The van der Waals surface area contributed by atoms with Crippen LogP contribution < -0.4 is 0 Å². The summed E-state index contributed by atoms with van der Waals surface area (Å²) in [6.07, 6.45) is 9.83. The molecule has 0 spiro atoms. The van der Waals surface area contributed by atoms with E-state index in [1.807, 2.05) is 6.20 Å². The fraction of sp³-hybridized carbons (Fsp3) is 0.615. The minimum Gasteiger partial charge on any atom is -0.264 e. The van der Waals surface area contributed by atoms with E-state index in [4.69, 9.17) is 11.6 Å². The average Bonchev–Trinajstić information content (AvgIpc) is 2.52. The van der Waals surface area contributed by atoms with Crippen molar-refractivity contribution in [1.29, 1.82) is 0 Å². The Hall–Kier alpha value is -0.280. The highest BCUT2D eigenvalue weighted by atomic mass is 79.9. The predicted octanol–water partition coefficient (Wildman–Crippen LogP) is 4.62. The third-order valence-corrected chi connectivity index (χ3v) is 4.02. The van der Waals surface area contributed by atoms with Gasteiger partial charge in [0, 0.05) is 6.54 Å². The van der Waals surface area contributed by atoms with Gasteiger partial charge in [0.15, 0.2) is 0 Å². The van der Waals surface area contributed by atoms with Crippen LogP contribution in [0.4, 0.5) is 0 Å². The molecule has 1 heterocycles. The zero-order chi connectivity index (χ0) is 12.3.